The largest absolute Gasteiger partial charge is 0.355 e. The summed E-state index contributed by atoms with van der Waals surface area (Å²) in [6.07, 6.45) is 16.5. The van der Waals surface area contributed by atoms with Crippen molar-refractivity contribution in [2.75, 3.05) is 5.32 Å². The molecule has 0 saturated carbocycles. The Morgan fingerprint density at radius 2 is 1.33 bits per heavy atom. The van der Waals surface area contributed by atoms with E-state index < -0.39 is 0 Å². The van der Waals surface area contributed by atoms with Gasteiger partial charge in [0.15, 0.2) is 0 Å². The molecule has 1 unspecified atom stereocenters. The maximum absolute atomic E-state index is 3.77. The first-order valence-corrected chi connectivity index (χ1v) is 15.8. The average Bonchev–Trinajstić information content (AvgIpc) is 3.09. The number of rotatable bonds is 8. The van der Waals surface area contributed by atoms with Crippen LogP contribution in [0.15, 0.2) is 170 Å². The third-order valence-electron chi connectivity index (χ3n) is 8.99. The highest BCUT2D eigenvalue weighted by Crippen LogP contribution is 2.41. The van der Waals surface area contributed by atoms with Gasteiger partial charge in [-0.1, -0.05) is 140 Å². The van der Waals surface area contributed by atoms with Crippen molar-refractivity contribution in [1.29, 1.82) is 0 Å². The van der Waals surface area contributed by atoms with Gasteiger partial charge in [0, 0.05) is 17.3 Å². The van der Waals surface area contributed by atoms with E-state index in [-0.39, 0.29) is 5.92 Å². The molecule has 0 amide bonds. The second-order valence-electron chi connectivity index (χ2n) is 11.8. The zero-order valence-electron chi connectivity index (χ0n) is 25.7. The topological polar surface area (TPSA) is 12.0 Å². The Balaban J connectivity index is 1.23. The number of allylic oxidation sites excluding steroid dienone is 8. The SMILES string of the molecule is C=C/C=C\C=C/Cc1ccc(NC2=C(c3ccccc3C)CC(c3ccc4c5ccccc5c5ccccc5c4c3)C=C2)cc1. The molecule has 6 aromatic carbocycles. The van der Waals surface area contributed by atoms with Crippen LogP contribution in [0.3, 0.4) is 0 Å². The van der Waals surface area contributed by atoms with E-state index in [4.69, 9.17) is 0 Å². The molecule has 0 aromatic heterocycles. The molecule has 1 aliphatic rings. The van der Waals surface area contributed by atoms with Crippen LogP contribution in [0, 0.1) is 6.92 Å². The van der Waals surface area contributed by atoms with Crippen molar-refractivity contribution in [3.05, 3.63) is 192 Å². The molecule has 0 bridgehead atoms. The normalized spacial score (nSPS) is 15.2. The van der Waals surface area contributed by atoms with E-state index >= 15 is 0 Å². The molecule has 1 atom stereocenters. The Morgan fingerprint density at radius 1 is 0.689 bits per heavy atom. The Hall–Kier alpha value is -5.40. The summed E-state index contributed by atoms with van der Waals surface area (Å²) in [6.45, 7) is 5.93. The van der Waals surface area contributed by atoms with Crippen molar-refractivity contribution in [3.8, 4) is 0 Å². The fraction of sp³-hybridized carbons (Fsp3) is 0.0909. The van der Waals surface area contributed by atoms with Gasteiger partial charge in [-0.15, -0.1) is 0 Å². The van der Waals surface area contributed by atoms with Crippen molar-refractivity contribution >= 4 is 43.6 Å². The van der Waals surface area contributed by atoms with Crippen molar-refractivity contribution in [2.45, 2.75) is 25.7 Å². The summed E-state index contributed by atoms with van der Waals surface area (Å²) in [7, 11) is 0. The van der Waals surface area contributed by atoms with E-state index in [1.807, 2.05) is 12.2 Å². The molecule has 45 heavy (non-hydrogen) atoms. The van der Waals surface area contributed by atoms with Crippen molar-refractivity contribution in [3.63, 3.8) is 0 Å². The minimum Gasteiger partial charge on any atom is -0.355 e. The van der Waals surface area contributed by atoms with Crippen LogP contribution in [-0.4, -0.2) is 0 Å². The summed E-state index contributed by atoms with van der Waals surface area (Å²) in [6, 6.07) is 42.3. The molecule has 0 fully saturated rings. The average molecular weight is 580 g/mol. The van der Waals surface area contributed by atoms with Gasteiger partial charge in [0.2, 0.25) is 0 Å². The van der Waals surface area contributed by atoms with Gasteiger partial charge < -0.3 is 5.32 Å². The Kier molecular flexibility index (Phi) is 8.00. The first kappa shape index (κ1) is 28.4. The van der Waals surface area contributed by atoms with Crippen LogP contribution in [0.1, 0.15) is 34.6 Å². The summed E-state index contributed by atoms with van der Waals surface area (Å²) in [5.41, 5.74) is 8.86. The second-order valence-corrected chi connectivity index (χ2v) is 11.8. The number of benzene rings is 6. The third kappa shape index (κ3) is 5.78. The molecule has 1 N–H and O–H groups in total. The van der Waals surface area contributed by atoms with E-state index in [2.05, 4.69) is 158 Å². The highest BCUT2D eigenvalue weighted by Gasteiger charge is 2.21. The van der Waals surface area contributed by atoms with Gasteiger partial charge in [-0.3, -0.25) is 0 Å². The number of hydrogen-bond donors (Lipinski definition) is 1. The molecule has 0 radical (unpaired) electrons. The quantitative estimate of drug-likeness (QED) is 0.140. The lowest BCUT2D eigenvalue weighted by atomic mass is 9.82. The molecular formula is C44H37N. The van der Waals surface area contributed by atoms with Crippen molar-refractivity contribution < 1.29 is 0 Å². The minimum absolute atomic E-state index is 0.282. The zero-order chi connectivity index (χ0) is 30.6. The molecular weight excluding hydrogens is 542 g/mol. The van der Waals surface area contributed by atoms with E-state index in [0.29, 0.717) is 0 Å². The van der Waals surface area contributed by atoms with E-state index in [0.717, 1.165) is 18.5 Å². The van der Waals surface area contributed by atoms with Crippen molar-refractivity contribution in [2.24, 2.45) is 0 Å². The molecule has 1 nitrogen and oxygen atoms in total. The lowest BCUT2D eigenvalue weighted by Gasteiger charge is -2.26. The first-order valence-electron chi connectivity index (χ1n) is 15.8. The third-order valence-corrected chi connectivity index (χ3v) is 8.99. The first-order chi connectivity index (χ1) is 22.2. The lowest BCUT2D eigenvalue weighted by molar-refractivity contribution is 0.861. The molecule has 218 valence electrons. The fourth-order valence-corrected chi connectivity index (χ4v) is 6.68. The van der Waals surface area contributed by atoms with Crippen LogP contribution in [0.25, 0.3) is 37.9 Å². The van der Waals surface area contributed by atoms with Gasteiger partial charge in [0.1, 0.15) is 0 Å². The number of fused-ring (bicyclic) bond motifs is 6. The molecule has 7 rings (SSSR count). The minimum atomic E-state index is 0.282. The maximum atomic E-state index is 3.77. The molecule has 6 aromatic rings. The van der Waals surface area contributed by atoms with Gasteiger partial charge in [0.25, 0.3) is 0 Å². The van der Waals surface area contributed by atoms with Crippen molar-refractivity contribution in [1.82, 2.24) is 0 Å². The van der Waals surface area contributed by atoms with Gasteiger partial charge in [0.05, 0.1) is 0 Å². The summed E-state index contributed by atoms with van der Waals surface area (Å²) < 4.78 is 0. The highest BCUT2D eigenvalue weighted by molar-refractivity contribution is 6.25. The Labute approximate surface area is 266 Å². The number of hydrogen-bond acceptors (Lipinski definition) is 1. The number of aryl methyl sites for hydroxylation is 1. The second kappa shape index (κ2) is 12.7. The van der Waals surface area contributed by atoms with Crippen LogP contribution in [0.4, 0.5) is 5.69 Å². The van der Waals surface area contributed by atoms with E-state index in [1.165, 1.54) is 65.8 Å². The molecule has 0 heterocycles. The lowest BCUT2D eigenvalue weighted by Crippen LogP contribution is -2.10. The van der Waals surface area contributed by atoms with Gasteiger partial charge in [-0.25, -0.2) is 0 Å². The molecule has 0 saturated heterocycles. The van der Waals surface area contributed by atoms with Crippen LogP contribution >= 0.6 is 0 Å². The van der Waals surface area contributed by atoms with Crippen LogP contribution in [0.2, 0.25) is 0 Å². The van der Waals surface area contributed by atoms with Crippen LogP contribution in [-0.2, 0) is 6.42 Å². The van der Waals surface area contributed by atoms with E-state index in [9.17, 15) is 0 Å². The molecule has 1 heteroatoms. The smallest absolute Gasteiger partial charge is 0.0420 e. The fourth-order valence-electron chi connectivity index (χ4n) is 6.68. The Bertz CT molecular complexity index is 2120. The van der Waals surface area contributed by atoms with E-state index in [1.54, 1.807) is 6.08 Å². The standard InChI is InChI=1S/C44H37N/c1-3-4-5-6-7-15-32-21-25-35(26-22-32)45-44-28-24-34(30-43(44)36-16-9-8-14-31(36)2)33-23-27-41-39-19-11-10-17-37(39)38-18-12-13-20-40(38)42(41)29-33/h3-14,16-29,34,45H,1,15,30H2,2H3/b5-4-,7-6-. The Morgan fingerprint density at radius 3 is 2.02 bits per heavy atom. The predicted molar refractivity (Wildman–Crippen MR) is 196 cm³/mol. The summed E-state index contributed by atoms with van der Waals surface area (Å²) in [5, 5.41) is 11.7. The molecule has 0 aliphatic heterocycles. The predicted octanol–water partition coefficient (Wildman–Crippen LogP) is 11.9. The number of anilines is 1. The highest BCUT2D eigenvalue weighted by atomic mass is 14.9. The molecule has 0 spiro atoms. The zero-order valence-corrected chi connectivity index (χ0v) is 25.7. The van der Waals surface area contributed by atoms with Gasteiger partial charge >= 0.3 is 0 Å². The summed E-state index contributed by atoms with van der Waals surface area (Å²) in [5.74, 6) is 0.282. The number of nitrogens with one attached hydrogen (secondary N) is 1. The molecule has 1 aliphatic carbocycles. The summed E-state index contributed by atoms with van der Waals surface area (Å²) >= 11 is 0. The van der Waals surface area contributed by atoms with Gasteiger partial charge in [-0.05, 0) is 104 Å². The van der Waals surface area contributed by atoms with Gasteiger partial charge in [-0.2, -0.15) is 0 Å². The van der Waals surface area contributed by atoms with Crippen LogP contribution < -0.4 is 5.32 Å². The van der Waals surface area contributed by atoms with Crippen LogP contribution in [0.5, 0.6) is 0 Å². The summed E-state index contributed by atoms with van der Waals surface area (Å²) in [4.78, 5) is 0. The monoisotopic (exact) mass is 579 g/mol. The maximum Gasteiger partial charge on any atom is 0.0420 e.